The maximum atomic E-state index is 13.5. The van der Waals surface area contributed by atoms with Crippen molar-refractivity contribution in [3.63, 3.8) is 0 Å². The number of nitrogens with one attached hydrogen (secondary N) is 1. The van der Waals surface area contributed by atoms with Gasteiger partial charge < -0.3 is 24.4 Å². The van der Waals surface area contributed by atoms with Gasteiger partial charge in [-0.2, -0.15) is 0 Å². The summed E-state index contributed by atoms with van der Waals surface area (Å²) in [4.78, 5) is 20.5. The Morgan fingerprint density at radius 3 is 2.24 bits per heavy atom. The van der Waals surface area contributed by atoms with Crippen LogP contribution in [0.1, 0.15) is 15.9 Å². The molecular weight excluding hydrogens is 514 g/mol. The highest BCUT2D eigenvalue weighted by molar-refractivity contribution is 6.13. The molecular formula is C34H33N3O4. The van der Waals surface area contributed by atoms with Crippen LogP contribution in [0.15, 0.2) is 97.1 Å². The van der Waals surface area contributed by atoms with E-state index in [1.165, 1.54) is 5.56 Å². The van der Waals surface area contributed by atoms with Crippen LogP contribution in [0.2, 0.25) is 0 Å². The normalized spacial score (nSPS) is 10.7. The summed E-state index contributed by atoms with van der Waals surface area (Å²) in [6.45, 7) is 0.818. The van der Waals surface area contributed by atoms with E-state index in [0.717, 1.165) is 52.3 Å². The van der Waals surface area contributed by atoms with Crippen molar-refractivity contribution >= 4 is 28.2 Å². The molecule has 0 radical (unpaired) electrons. The lowest BCUT2D eigenvalue weighted by atomic mass is 10.0. The second-order valence-corrected chi connectivity index (χ2v) is 9.66. The Morgan fingerprint density at radius 1 is 0.805 bits per heavy atom. The summed E-state index contributed by atoms with van der Waals surface area (Å²) in [5.74, 6) is 2.00. The average molecular weight is 548 g/mol. The summed E-state index contributed by atoms with van der Waals surface area (Å²) in [6, 6.07) is 31.1. The van der Waals surface area contributed by atoms with Gasteiger partial charge in [0.2, 0.25) is 0 Å². The Bertz CT molecular complexity index is 1650. The molecule has 0 fully saturated rings. The van der Waals surface area contributed by atoms with Gasteiger partial charge in [-0.05, 0) is 72.6 Å². The predicted molar refractivity (Wildman–Crippen MR) is 165 cm³/mol. The fourth-order valence-corrected chi connectivity index (χ4v) is 4.71. The van der Waals surface area contributed by atoms with Crippen molar-refractivity contribution < 1.29 is 19.0 Å². The minimum absolute atomic E-state index is 0.181. The number of carbonyl (C=O) groups is 1. The number of nitrogens with zero attached hydrogens (tertiary/aromatic N) is 2. The number of ether oxygens (including phenoxy) is 3. The Balaban J connectivity index is 1.29. The van der Waals surface area contributed by atoms with E-state index in [0.29, 0.717) is 17.1 Å². The predicted octanol–water partition coefficient (Wildman–Crippen LogP) is 6.86. The number of aromatic nitrogens is 1. The van der Waals surface area contributed by atoms with Crippen molar-refractivity contribution in [3.05, 3.63) is 108 Å². The fraction of sp³-hybridized carbons (Fsp3) is 0.176. The van der Waals surface area contributed by atoms with Crippen LogP contribution in [-0.2, 0) is 6.42 Å². The molecule has 4 aromatic carbocycles. The monoisotopic (exact) mass is 547 g/mol. The average Bonchev–Trinajstić information content (AvgIpc) is 3.03. The zero-order chi connectivity index (χ0) is 28.8. The second-order valence-electron chi connectivity index (χ2n) is 9.66. The van der Waals surface area contributed by atoms with Gasteiger partial charge in [-0.1, -0.05) is 30.3 Å². The van der Waals surface area contributed by atoms with Crippen molar-refractivity contribution in [3.8, 4) is 28.5 Å². The highest BCUT2D eigenvalue weighted by Crippen LogP contribution is 2.31. The van der Waals surface area contributed by atoms with Crippen molar-refractivity contribution in [1.82, 2.24) is 4.98 Å². The number of pyridine rings is 1. The molecule has 1 aromatic heterocycles. The van der Waals surface area contributed by atoms with Gasteiger partial charge in [0.05, 0.1) is 38.1 Å². The number of methoxy groups -OCH3 is 3. The zero-order valence-corrected chi connectivity index (χ0v) is 23.7. The maximum Gasteiger partial charge on any atom is 0.256 e. The lowest BCUT2D eigenvalue weighted by molar-refractivity contribution is 0.102. The lowest BCUT2D eigenvalue weighted by Gasteiger charge is -2.21. The topological polar surface area (TPSA) is 72.9 Å². The van der Waals surface area contributed by atoms with Crippen LogP contribution in [0.5, 0.6) is 17.2 Å². The highest BCUT2D eigenvalue weighted by Gasteiger charge is 2.15. The summed E-state index contributed by atoms with van der Waals surface area (Å²) in [5.41, 5.74) is 5.93. The minimum Gasteiger partial charge on any atom is -0.497 e. The standard InChI is InChI=1S/C34H33N3O4/c1-37(26-15-18-32(40-3)33(21-26)41-4)20-19-23-9-13-25(14-10-23)35-34(38)29-22-31(24-11-16-27(39-2)17-12-24)36-30-8-6-5-7-28(29)30/h5-18,21-22H,19-20H2,1-4H3,(H,35,38). The molecule has 1 N–H and O–H groups in total. The number of hydrogen-bond acceptors (Lipinski definition) is 6. The number of likely N-dealkylation sites (N-methyl/N-ethyl adjacent to an activating group) is 1. The molecule has 0 bridgehead atoms. The minimum atomic E-state index is -0.181. The van der Waals surface area contributed by atoms with Crippen molar-refractivity contribution in [2.75, 3.05) is 45.1 Å². The molecule has 0 unspecified atom stereocenters. The van der Waals surface area contributed by atoms with E-state index in [-0.39, 0.29) is 5.91 Å². The Morgan fingerprint density at radius 2 is 1.54 bits per heavy atom. The molecule has 7 nitrogen and oxygen atoms in total. The van der Waals surface area contributed by atoms with Gasteiger partial charge in [-0.25, -0.2) is 4.98 Å². The Hall–Kier alpha value is -5.04. The van der Waals surface area contributed by atoms with Crippen LogP contribution in [0, 0.1) is 0 Å². The molecule has 0 aliphatic heterocycles. The van der Waals surface area contributed by atoms with Gasteiger partial charge in [0, 0.05) is 42.0 Å². The first-order valence-electron chi connectivity index (χ1n) is 13.4. The molecule has 5 aromatic rings. The zero-order valence-electron chi connectivity index (χ0n) is 23.7. The summed E-state index contributed by atoms with van der Waals surface area (Å²) in [5, 5.41) is 3.87. The van der Waals surface area contributed by atoms with Crippen LogP contribution in [-0.4, -0.2) is 45.8 Å². The molecule has 0 saturated carbocycles. The van der Waals surface area contributed by atoms with Gasteiger partial charge in [0.25, 0.3) is 5.91 Å². The van der Waals surface area contributed by atoms with Gasteiger partial charge in [0.15, 0.2) is 11.5 Å². The van der Waals surface area contributed by atoms with Crippen LogP contribution in [0.25, 0.3) is 22.2 Å². The number of carbonyl (C=O) groups excluding carboxylic acids is 1. The number of para-hydroxylation sites is 1. The first-order chi connectivity index (χ1) is 20.0. The number of anilines is 2. The first-order valence-corrected chi connectivity index (χ1v) is 13.4. The van der Waals surface area contributed by atoms with Crippen LogP contribution in [0.3, 0.4) is 0 Å². The first kappa shape index (κ1) is 27.5. The quantitative estimate of drug-likeness (QED) is 0.206. The molecule has 7 heteroatoms. The molecule has 208 valence electrons. The molecule has 5 rings (SSSR count). The molecule has 41 heavy (non-hydrogen) atoms. The summed E-state index contributed by atoms with van der Waals surface area (Å²) < 4.78 is 16.1. The van der Waals surface area contributed by atoms with E-state index in [1.807, 2.05) is 97.1 Å². The number of rotatable bonds is 10. The van der Waals surface area contributed by atoms with Gasteiger partial charge >= 0.3 is 0 Å². The summed E-state index contributed by atoms with van der Waals surface area (Å²) in [7, 11) is 6.96. The van der Waals surface area contributed by atoms with Gasteiger partial charge in [-0.3, -0.25) is 4.79 Å². The van der Waals surface area contributed by atoms with E-state index in [2.05, 4.69) is 17.3 Å². The summed E-state index contributed by atoms with van der Waals surface area (Å²) in [6.07, 6.45) is 0.847. The van der Waals surface area contributed by atoms with E-state index in [1.54, 1.807) is 21.3 Å². The highest BCUT2D eigenvalue weighted by atomic mass is 16.5. The largest absolute Gasteiger partial charge is 0.497 e. The Labute approximate surface area is 240 Å². The smallest absolute Gasteiger partial charge is 0.256 e. The van der Waals surface area contributed by atoms with Gasteiger partial charge in [0.1, 0.15) is 5.75 Å². The molecule has 1 heterocycles. The van der Waals surface area contributed by atoms with Gasteiger partial charge in [-0.15, -0.1) is 0 Å². The third-order valence-corrected chi connectivity index (χ3v) is 7.10. The molecule has 0 saturated heterocycles. The van der Waals surface area contributed by atoms with Crippen LogP contribution >= 0.6 is 0 Å². The second kappa shape index (κ2) is 12.4. The third kappa shape index (κ3) is 6.25. The molecule has 0 atom stereocenters. The maximum absolute atomic E-state index is 13.5. The number of hydrogen-bond donors (Lipinski definition) is 1. The van der Waals surface area contributed by atoms with Crippen molar-refractivity contribution in [2.24, 2.45) is 0 Å². The molecule has 0 aliphatic rings. The summed E-state index contributed by atoms with van der Waals surface area (Å²) >= 11 is 0. The van der Waals surface area contributed by atoms with Crippen LogP contribution in [0.4, 0.5) is 11.4 Å². The van der Waals surface area contributed by atoms with Crippen molar-refractivity contribution in [1.29, 1.82) is 0 Å². The van der Waals surface area contributed by atoms with E-state index < -0.39 is 0 Å². The van der Waals surface area contributed by atoms with Crippen LogP contribution < -0.4 is 24.4 Å². The van der Waals surface area contributed by atoms with E-state index in [4.69, 9.17) is 19.2 Å². The lowest BCUT2D eigenvalue weighted by Crippen LogP contribution is -2.20. The Kier molecular flexibility index (Phi) is 8.34. The molecule has 0 spiro atoms. The molecule has 0 aliphatic carbocycles. The van der Waals surface area contributed by atoms with E-state index in [9.17, 15) is 4.79 Å². The number of fused-ring (bicyclic) bond motifs is 1. The van der Waals surface area contributed by atoms with E-state index >= 15 is 0 Å². The number of amides is 1. The molecule has 1 amide bonds. The third-order valence-electron chi connectivity index (χ3n) is 7.10. The number of benzene rings is 4. The fourth-order valence-electron chi connectivity index (χ4n) is 4.71. The SMILES string of the molecule is COc1ccc(-c2cc(C(=O)Nc3ccc(CCN(C)c4ccc(OC)c(OC)c4)cc3)c3ccccc3n2)cc1. The van der Waals surface area contributed by atoms with Crippen molar-refractivity contribution in [2.45, 2.75) is 6.42 Å².